The van der Waals surface area contributed by atoms with Gasteiger partial charge in [-0.3, -0.25) is 0 Å². The molecule has 1 unspecified atom stereocenters. The van der Waals surface area contributed by atoms with Gasteiger partial charge >= 0.3 is 0 Å². The van der Waals surface area contributed by atoms with Crippen molar-refractivity contribution in [2.45, 2.75) is 46.1 Å². The van der Waals surface area contributed by atoms with E-state index < -0.39 is 6.10 Å². The molecule has 0 saturated carbocycles. The van der Waals surface area contributed by atoms with E-state index >= 15 is 0 Å². The first-order chi connectivity index (χ1) is 7.50. The minimum Gasteiger partial charge on any atom is -0.388 e. The number of benzene rings is 1. The third-order valence-corrected chi connectivity index (χ3v) is 2.84. The maximum atomic E-state index is 13.3. The second-order valence-corrected chi connectivity index (χ2v) is 4.85. The van der Waals surface area contributed by atoms with Crippen LogP contribution in [0.15, 0.2) is 18.2 Å². The number of rotatable bonds is 5. The molecule has 0 bridgehead atoms. The summed E-state index contributed by atoms with van der Waals surface area (Å²) >= 11 is 0. The Morgan fingerprint density at radius 1 is 1.25 bits per heavy atom. The van der Waals surface area contributed by atoms with Crippen LogP contribution < -0.4 is 0 Å². The van der Waals surface area contributed by atoms with Crippen LogP contribution in [0.3, 0.4) is 0 Å². The van der Waals surface area contributed by atoms with Gasteiger partial charge < -0.3 is 5.11 Å². The minimum atomic E-state index is -0.533. The lowest BCUT2D eigenvalue weighted by atomic mass is 9.99. The molecule has 1 N–H and O–H groups in total. The zero-order valence-electron chi connectivity index (χ0n) is 10.3. The lowest BCUT2D eigenvalue weighted by Crippen LogP contribution is -2.00. The molecule has 0 aliphatic rings. The van der Waals surface area contributed by atoms with Gasteiger partial charge in [0.05, 0.1) is 6.10 Å². The van der Waals surface area contributed by atoms with Crippen molar-refractivity contribution in [2.24, 2.45) is 5.92 Å². The topological polar surface area (TPSA) is 20.2 Å². The summed E-state index contributed by atoms with van der Waals surface area (Å²) in [7, 11) is 0. The average Bonchev–Trinajstić information content (AvgIpc) is 2.21. The van der Waals surface area contributed by atoms with Crippen LogP contribution in [0.1, 0.15) is 50.3 Å². The first kappa shape index (κ1) is 13.2. The molecule has 0 spiro atoms. The molecule has 0 aromatic heterocycles. The highest BCUT2D eigenvalue weighted by atomic mass is 19.1. The van der Waals surface area contributed by atoms with Gasteiger partial charge in [-0.25, -0.2) is 4.39 Å². The highest BCUT2D eigenvalue weighted by molar-refractivity contribution is 5.24. The minimum absolute atomic E-state index is 0.236. The molecule has 90 valence electrons. The fraction of sp³-hybridized carbons (Fsp3) is 0.571. The molecule has 16 heavy (non-hydrogen) atoms. The quantitative estimate of drug-likeness (QED) is 0.801. The number of aliphatic hydroxyl groups is 1. The van der Waals surface area contributed by atoms with Crippen LogP contribution in [0.25, 0.3) is 0 Å². The van der Waals surface area contributed by atoms with Crippen LogP contribution in [0.5, 0.6) is 0 Å². The predicted octanol–water partition coefficient (Wildman–Crippen LogP) is 3.99. The van der Waals surface area contributed by atoms with E-state index in [1.54, 1.807) is 19.1 Å². The molecular weight excluding hydrogens is 203 g/mol. The fourth-order valence-corrected chi connectivity index (χ4v) is 1.70. The van der Waals surface area contributed by atoms with Crippen molar-refractivity contribution in [3.8, 4) is 0 Å². The summed E-state index contributed by atoms with van der Waals surface area (Å²) in [5.74, 6) is 0.419. The molecule has 1 aromatic rings. The molecule has 0 fully saturated rings. The van der Waals surface area contributed by atoms with Gasteiger partial charge in [-0.15, -0.1) is 0 Å². The first-order valence-electron chi connectivity index (χ1n) is 5.95. The van der Waals surface area contributed by atoms with Crippen molar-refractivity contribution in [3.63, 3.8) is 0 Å². The largest absolute Gasteiger partial charge is 0.388 e. The SMILES string of the molecule is Cc1ccc(C(O)CCCC(C)C)cc1F. The van der Waals surface area contributed by atoms with Crippen LogP contribution in [0, 0.1) is 18.7 Å². The third-order valence-electron chi connectivity index (χ3n) is 2.84. The summed E-state index contributed by atoms with van der Waals surface area (Å²) in [6.45, 7) is 6.06. The van der Waals surface area contributed by atoms with E-state index in [1.165, 1.54) is 6.07 Å². The monoisotopic (exact) mass is 224 g/mol. The van der Waals surface area contributed by atoms with Gasteiger partial charge in [0, 0.05) is 0 Å². The standard InChI is InChI=1S/C14H21FO/c1-10(2)5-4-6-14(16)12-8-7-11(3)13(15)9-12/h7-10,14,16H,4-6H2,1-3H3. The summed E-state index contributed by atoms with van der Waals surface area (Å²) in [5, 5.41) is 9.88. The van der Waals surface area contributed by atoms with E-state index in [9.17, 15) is 9.50 Å². The number of hydrogen-bond acceptors (Lipinski definition) is 1. The molecular formula is C14H21FO. The van der Waals surface area contributed by atoms with Crippen molar-refractivity contribution >= 4 is 0 Å². The van der Waals surface area contributed by atoms with Crippen LogP contribution in [0.4, 0.5) is 4.39 Å². The maximum absolute atomic E-state index is 13.3. The van der Waals surface area contributed by atoms with E-state index in [0.717, 1.165) is 12.8 Å². The zero-order chi connectivity index (χ0) is 12.1. The molecule has 0 radical (unpaired) electrons. The van der Waals surface area contributed by atoms with E-state index in [1.807, 2.05) is 0 Å². The molecule has 1 atom stereocenters. The lowest BCUT2D eigenvalue weighted by Gasteiger charge is -2.12. The molecule has 0 aliphatic heterocycles. The van der Waals surface area contributed by atoms with Gasteiger partial charge in [0.1, 0.15) is 5.82 Å². The molecule has 1 aromatic carbocycles. The van der Waals surface area contributed by atoms with Crippen LogP contribution in [-0.4, -0.2) is 5.11 Å². The number of hydrogen-bond donors (Lipinski definition) is 1. The molecule has 0 aliphatic carbocycles. The summed E-state index contributed by atoms with van der Waals surface area (Å²) in [6, 6.07) is 4.96. The predicted molar refractivity (Wildman–Crippen MR) is 64.8 cm³/mol. The average molecular weight is 224 g/mol. The Bertz CT molecular complexity index is 334. The third kappa shape index (κ3) is 3.93. The number of halogens is 1. The molecule has 1 nitrogen and oxygen atoms in total. The summed E-state index contributed by atoms with van der Waals surface area (Å²) in [4.78, 5) is 0. The normalized spacial score (nSPS) is 13.1. The molecule has 0 amide bonds. The van der Waals surface area contributed by atoms with Crippen molar-refractivity contribution in [2.75, 3.05) is 0 Å². The number of aliphatic hydroxyl groups excluding tert-OH is 1. The lowest BCUT2D eigenvalue weighted by molar-refractivity contribution is 0.161. The Kier molecular flexibility index (Phi) is 4.94. The highest BCUT2D eigenvalue weighted by Gasteiger charge is 2.09. The van der Waals surface area contributed by atoms with Gasteiger partial charge in [0.25, 0.3) is 0 Å². The van der Waals surface area contributed by atoms with E-state index in [0.29, 0.717) is 23.5 Å². The molecule has 1 rings (SSSR count). The summed E-state index contributed by atoms with van der Waals surface area (Å²) < 4.78 is 13.3. The van der Waals surface area contributed by atoms with Crippen LogP contribution in [0.2, 0.25) is 0 Å². The smallest absolute Gasteiger partial charge is 0.126 e. The van der Waals surface area contributed by atoms with Crippen molar-refractivity contribution < 1.29 is 9.50 Å². The van der Waals surface area contributed by atoms with Crippen molar-refractivity contribution in [1.29, 1.82) is 0 Å². The highest BCUT2D eigenvalue weighted by Crippen LogP contribution is 2.22. The summed E-state index contributed by atoms with van der Waals surface area (Å²) in [6.07, 6.45) is 2.26. The fourth-order valence-electron chi connectivity index (χ4n) is 1.70. The second-order valence-electron chi connectivity index (χ2n) is 4.85. The Hall–Kier alpha value is -0.890. The van der Waals surface area contributed by atoms with Crippen molar-refractivity contribution in [1.82, 2.24) is 0 Å². The van der Waals surface area contributed by atoms with E-state index in [2.05, 4.69) is 13.8 Å². The second kappa shape index (κ2) is 6.00. The zero-order valence-corrected chi connectivity index (χ0v) is 10.3. The van der Waals surface area contributed by atoms with Gasteiger partial charge in [-0.05, 0) is 36.5 Å². The number of aryl methyl sites for hydroxylation is 1. The Morgan fingerprint density at radius 3 is 2.50 bits per heavy atom. The maximum Gasteiger partial charge on any atom is 0.126 e. The van der Waals surface area contributed by atoms with Crippen molar-refractivity contribution in [3.05, 3.63) is 35.1 Å². The Labute approximate surface area is 97.3 Å². The summed E-state index contributed by atoms with van der Waals surface area (Å²) in [5.41, 5.74) is 1.31. The van der Waals surface area contributed by atoms with E-state index in [-0.39, 0.29) is 5.82 Å². The van der Waals surface area contributed by atoms with E-state index in [4.69, 9.17) is 0 Å². The van der Waals surface area contributed by atoms with Gasteiger partial charge in [0.15, 0.2) is 0 Å². The van der Waals surface area contributed by atoms with Gasteiger partial charge in [0.2, 0.25) is 0 Å². The Morgan fingerprint density at radius 2 is 1.94 bits per heavy atom. The van der Waals surface area contributed by atoms with Gasteiger partial charge in [-0.1, -0.05) is 38.8 Å². The van der Waals surface area contributed by atoms with Gasteiger partial charge in [-0.2, -0.15) is 0 Å². The molecule has 2 heteroatoms. The Balaban J connectivity index is 2.52. The molecule has 0 saturated heterocycles. The van der Waals surface area contributed by atoms with Crippen LogP contribution in [-0.2, 0) is 0 Å². The molecule has 0 heterocycles. The first-order valence-corrected chi connectivity index (χ1v) is 5.95. The van der Waals surface area contributed by atoms with Crippen LogP contribution >= 0.6 is 0 Å².